The Morgan fingerprint density at radius 2 is 2.11 bits per heavy atom. The molecule has 0 aliphatic heterocycles. The van der Waals surface area contributed by atoms with Crippen LogP contribution in [-0.2, 0) is 10.0 Å². The number of nitrogens with zero attached hydrogens (tertiary/aromatic N) is 1. The Bertz CT molecular complexity index is 681. The second kappa shape index (κ2) is 4.62. The fraction of sp³-hybridized carbons (Fsp3) is 0.100. The number of anilines is 2. The van der Waals surface area contributed by atoms with Gasteiger partial charge in [-0.05, 0) is 41.1 Å². The first-order valence-electron chi connectivity index (χ1n) is 4.89. The lowest BCUT2D eigenvalue weighted by Crippen LogP contribution is -2.13. The Labute approximate surface area is 112 Å². The van der Waals surface area contributed by atoms with Crippen LogP contribution < -0.4 is 10.5 Å². The number of nitrogens with two attached hydrogens (primary N) is 1. The van der Waals surface area contributed by atoms with Crippen LogP contribution in [0.5, 0.6) is 0 Å². The summed E-state index contributed by atoms with van der Waals surface area (Å²) >= 11 is 3.18. The Morgan fingerprint density at radius 1 is 1.39 bits per heavy atom. The third-order valence-electron chi connectivity index (χ3n) is 2.15. The molecule has 2 rings (SSSR count). The lowest BCUT2D eigenvalue weighted by molar-refractivity contribution is 0.400. The van der Waals surface area contributed by atoms with Crippen LogP contribution in [0.15, 0.2) is 38.2 Å². The van der Waals surface area contributed by atoms with Gasteiger partial charge >= 0.3 is 0 Å². The number of hydrogen-bond acceptors (Lipinski definition) is 5. The van der Waals surface area contributed by atoms with E-state index >= 15 is 0 Å². The maximum absolute atomic E-state index is 12.0. The van der Waals surface area contributed by atoms with E-state index < -0.39 is 10.0 Å². The van der Waals surface area contributed by atoms with Crippen molar-refractivity contribution in [1.82, 2.24) is 5.16 Å². The quantitative estimate of drug-likeness (QED) is 0.839. The number of hydrogen-bond donors (Lipinski definition) is 2. The number of halogens is 1. The number of aryl methyl sites for hydroxylation is 1. The van der Waals surface area contributed by atoms with E-state index in [1.54, 1.807) is 6.92 Å². The van der Waals surface area contributed by atoms with E-state index in [9.17, 15) is 8.42 Å². The molecule has 0 radical (unpaired) electrons. The predicted molar refractivity (Wildman–Crippen MR) is 70.6 cm³/mol. The molecule has 8 heteroatoms. The smallest absolute Gasteiger partial charge is 0.263 e. The van der Waals surface area contributed by atoms with Crippen molar-refractivity contribution in [3.63, 3.8) is 0 Å². The molecule has 0 saturated heterocycles. The predicted octanol–water partition coefficient (Wildman–Crippen LogP) is 2.13. The van der Waals surface area contributed by atoms with Gasteiger partial charge in [0.25, 0.3) is 10.0 Å². The van der Waals surface area contributed by atoms with E-state index in [4.69, 9.17) is 10.3 Å². The molecule has 3 N–H and O–H groups in total. The standard InChI is InChI=1S/C10H10BrN3O3S/c1-6-4-10(13-17-6)14-18(15,16)7-2-3-9(12)8(11)5-7/h2-5H,12H2,1H3,(H,13,14). The Balaban J connectivity index is 2.33. The molecule has 0 atom stereocenters. The summed E-state index contributed by atoms with van der Waals surface area (Å²) in [6.07, 6.45) is 0. The van der Waals surface area contributed by atoms with Gasteiger partial charge in [0.15, 0.2) is 5.82 Å². The molecule has 1 aromatic heterocycles. The van der Waals surface area contributed by atoms with Crippen molar-refractivity contribution < 1.29 is 12.9 Å². The van der Waals surface area contributed by atoms with Crippen molar-refractivity contribution in [1.29, 1.82) is 0 Å². The normalized spacial score (nSPS) is 11.4. The molecule has 2 aromatic rings. The third-order valence-corrected chi connectivity index (χ3v) is 4.19. The Morgan fingerprint density at radius 3 is 2.67 bits per heavy atom. The first-order valence-corrected chi connectivity index (χ1v) is 7.17. The van der Waals surface area contributed by atoms with Gasteiger partial charge in [-0.3, -0.25) is 4.72 Å². The molecule has 0 fully saturated rings. The summed E-state index contributed by atoms with van der Waals surface area (Å²) in [5.41, 5.74) is 6.06. The molecule has 0 aliphatic carbocycles. The van der Waals surface area contributed by atoms with E-state index in [2.05, 4.69) is 25.8 Å². The second-order valence-corrected chi connectivity index (χ2v) is 6.15. The zero-order valence-electron chi connectivity index (χ0n) is 9.34. The van der Waals surface area contributed by atoms with Crippen molar-refractivity contribution in [2.45, 2.75) is 11.8 Å². The summed E-state index contributed by atoms with van der Waals surface area (Å²) < 4.78 is 31.6. The van der Waals surface area contributed by atoms with Crippen LogP contribution in [0.3, 0.4) is 0 Å². The van der Waals surface area contributed by atoms with E-state index in [1.165, 1.54) is 24.3 Å². The highest BCUT2D eigenvalue weighted by Crippen LogP contribution is 2.24. The van der Waals surface area contributed by atoms with Crippen LogP contribution >= 0.6 is 15.9 Å². The highest BCUT2D eigenvalue weighted by atomic mass is 79.9. The minimum absolute atomic E-state index is 0.0872. The lowest BCUT2D eigenvalue weighted by atomic mass is 10.3. The maximum atomic E-state index is 12.0. The third kappa shape index (κ3) is 2.65. The van der Waals surface area contributed by atoms with Gasteiger partial charge in [0.05, 0.1) is 4.90 Å². The zero-order valence-corrected chi connectivity index (χ0v) is 11.7. The van der Waals surface area contributed by atoms with Crippen molar-refractivity contribution in [3.8, 4) is 0 Å². The molecule has 0 bridgehead atoms. The SMILES string of the molecule is Cc1cc(NS(=O)(=O)c2ccc(N)c(Br)c2)no1. The van der Waals surface area contributed by atoms with Crippen LogP contribution in [0.2, 0.25) is 0 Å². The van der Waals surface area contributed by atoms with Crippen LogP contribution in [0.4, 0.5) is 11.5 Å². The minimum atomic E-state index is -3.70. The largest absolute Gasteiger partial charge is 0.398 e. The zero-order chi connectivity index (χ0) is 13.3. The topological polar surface area (TPSA) is 98.2 Å². The molecule has 18 heavy (non-hydrogen) atoms. The Hall–Kier alpha value is -1.54. The molecule has 1 heterocycles. The van der Waals surface area contributed by atoms with E-state index in [0.29, 0.717) is 15.9 Å². The number of sulfonamides is 1. The van der Waals surface area contributed by atoms with E-state index in [0.717, 1.165) is 0 Å². The van der Waals surface area contributed by atoms with Gasteiger partial charge in [-0.15, -0.1) is 0 Å². The van der Waals surface area contributed by atoms with Crippen LogP contribution in [0.25, 0.3) is 0 Å². The molecule has 96 valence electrons. The average molecular weight is 332 g/mol. The highest BCUT2D eigenvalue weighted by molar-refractivity contribution is 9.10. The molecule has 0 unspecified atom stereocenters. The molecular formula is C10H10BrN3O3S. The fourth-order valence-corrected chi connectivity index (χ4v) is 2.83. The second-order valence-electron chi connectivity index (χ2n) is 3.61. The minimum Gasteiger partial charge on any atom is -0.398 e. The van der Waals surface area contributed by atoms with E-state index in [-0.39, 0.29) is 10.7 Å². The summed E-state index contributed by atoms with van der Waals surface area (Å²) in [5, 5.41) is 3.56. The number of nitrogen functional groups attached to an aromatic ring is 1. The maximum Gasteiger partial charge on any atom is 0.263 e. The number of rotatable bonds is 3. The molecule has 0 spiro atoms. The van der Waals surface area contributed by atoms with Gasteiger partial charge in [-0.25, -0.2) is 8.42 Å². The summed E-state index contributed by atoms with van der Waals surface area (Å²) in [7, 11) is -3.70. The first-order chi connectivity index (χ1) is 8.38. The molecule has 0 aliphatic rings. The molecule has 0 amide bonds. The summed E-state index contributed by atoms with van der Waals surface area (Å²) in [6.45, 7) is 1.67. The highest BCUT2D eigenvalue weighted by Gasteiger charge is 2.17. The number of nitrogens with one attached hydrogen (secondary N) is 1. The monoisotopic (exact) mass is 331 g/mol. The molecule has 0 saturated carbocycles. The number of aromatic nitrogens is 1. The van der Waals surface area contributed by atoms with Crippen LogP contribution in [0.1, 0.15) is 5.76 Å². The van der Waals surface area contributed by atoms with Gasteiger partial charge in [0.2, 0.25) is 0 Å². The summed E-state index contributed by atoms with van der Waals surface area (Å²) in [6, 6.07) is 5.83. The van der Waals surface area contributed by atoms with E-state index in [1.807, 2.05) is 0 Å². The fourth-order valence-electron chi connectivity index (χ4n) is 1.29. The lowest BCUT2D eigenvalue weighted by Gasteiger charge is -2.06. The van der Waals surface area contributed by atoms with Gasteiger partial charge < -0.3 is 10.3 Å². The average Bonchev–Trinajstić information content (AvgIpc) is 2.67. The van der Waals surface area contributed by atoms with Crippen LogP contribution in [0, 0.1) is 6.92 Å². The van der Waals surface area contributed by atoms with Crippen LogP contribution in [-0.4, -0.2) is 13.6 Å². The number of benzene rings is 1. The molecular weight excluding hydrogens is 322 g/mol. The van der Waals surface area contributed by atoms with Crippen molar-refractivity contribution in [3.05, 3.63) is 34.5 Å². The van der Waals surface area contributed by atoms with Gasteiger partial charge in [-0.1, -0.05) is 5.16 Å². The molecule has 6 nitrogen and oxygen atoms in total. The van der Waals surface area contributed by atoms with Crippen molar-refractivity contribution >= 4 is 37.5 Å². The van der Waals surface area contributed by atoms with Crippen molar-refractivity contribution in [2.75, 3.05) is 10.5 Å². The molecule has 1 aromatic carbocycles. The van der Waals surface area contributed by atoms with Gasteiger partial charge in [-0.2, -0.15) is 0 Å². The van der Waals surface area contributed by atoms with Crippen molar-refractivity contribution in [2.24, 2.45) is 0 Å². The van der Waals surface area contributed by atoms with Gasteiger partial charge in [0, 0.05) is 16.2 Å². The first kappa shape index (κ1) is 12.9. The Kier molecular flexibility index (Phi) is 3.31. The summed E-state index contributed by atoms with van der Waals surface area (Å²) in [5.74, 6) is 0.659. The summed E-state index contributed by atoms with van der Waals surface area (Å²) in [4.78, 5) is 0.0872. The van der Waals surface area contributed by atoms with Gasteiger partial charge in [0.1, 0.15) is 5.76 Å².